The Balaban J connectivity index is 1.28. The van der Waals surface area contributed by atoms with Crippen LogP contribution < -0.4 is 4.74 Å². The number of piperazine rings is 1. The summed E-state index contributed by atoms with van der Waals surface area (Å²) in [6.07, 6.45) is 2.84. The molecular formula is C21H29N3O3. The maximum Gasteiger partial charge on any atom is 0.227 e. The average Bonchev–Trinajstić information content (AvgIpc) is 3.16. The van der Waals surface area contributed by atoms with Crippen LogP contribution in [0.5, 0.6) is 5.75 Å². The Labute approximate surface area is 161 Å². The smallest absolute Gasteiger partial charge is 0.227 e. The minimum Gasteiger partial charge on any atom is -0.493 e. The van der Waals surface area contributed by atoms with E-state index in [0.29, 0.717) is 6.54 Å². The lowest BCUT2D eigenvalue weighted by atomic mass is 9.96. The van der Waals surface area contributed by atoms with Crippen molar-refractivity contribution in [2.75, 3.05) is 45.9 Å². The van der Waals surface area contributed by atoms with Crippen molar-refractivity contribution in [1.82, 2.24) is 14.7 Å². The Morgan fingerprint density at radius 2 is 1.93 bits per heavy atom. The van der Waals surface area contributed by atoms with E-state index in [2.05, 4.69) is 23.1 Å². The van der Waals surface area contributed by atoms with Gasteiger partial charge in [0.25, 0.3) is 0 Å². The second-order valence-corrected chi connectivity index (χ2v) is 7.95. The summed E-state index contributed by atoms with van der Waals surface area (Å²) >= 11 is 0. The van der Waals surface area contributed by atoms with Crippen LogP contribution in [0.3, 0.4) is 0 Å². The molecule has 0 bridgehead atoms. The van der Waals surface area contributed by atoms with E-state index in [9.17, 15) is 9.59 Å². The fourth-order valence-electron chi connectivity index (χ4n) is 4.45. The van der Waals surface area contributed by atoms with Gasteiger partial charge in [0.1, 0.15) is 5.75 Å². The highest BCUT2D eigenvalue weighted by atomic mass is 16.5. The Morgan fingerprint density at radius 1 is 1.11 bits per heavy atom. The van der Waals surface area contributed by atoms with Crippen LogP contribution in [0.25, 0.3) is 0 Å². The third kappa shape index (κ3) is 4.10. The highest BCUT2D eigenvalue weighted by Gasteiger charge is 2.31. The number of piperidine rings is 1. The summed E-state index contributed by atoms with van der Waals surface area (Å²) in [5.74, 6) is 1.32. The lowest BCUT2D eigenvalue weighted by Gasteiger charge is -2.39. The summed E-state index contributed by atoms with van der Waals surface area (Å²) in [6.45, 7) is 8.07. The summed E-state index contributed by atoms with van der Waals surface area (Å²) in [7, 11) is 0. The van der Waals surface area contributed by atoms with Gasteiger partial charge >= 0.3 is 0 Å². The molecule has 3 aliphatic rings. The standard InChI is InChI=1S/C21H29N3O3/c1-16(25)24-7-2-3-19(15-24)21(26)23-10-8-22(9-11-23)14-17-4-5-20-18(13-17)6-12-27-20/h4-5,13,19H,2-3,6-12,14-15H2,1H3/t19-/m1/s1. The minimum absolute atomic E-state index is 0.0223. The fraction of sp³-hybridized carbons (Fsp3) is 0.619. The monoisotopic (exact) mass is 371 g/mol. The molecule has 6 heteroatoms. The summed E-state index contributed by atoms with van der Waals surface area (Å²) in [6, 6.07) is 6.50. The highest BCUT2D eigenvalue weighted by molar-refractivity contribution is 5.81. The van der Waals surface area contributed by atoms with Crippen molar-refractivity contribution in [3.63, 3.8) is 0 Å². The number of hydrogen-bond acceptors (Lipinski definition) is 4. The van der Waals surface area contributed by atoms with Crippen LogP contribution in [0.2, 0.25) is 0 Å². The zero-order valence-electron chi connectivity index (χ0n) is 16.2. The van der Waals surface area contributed by atoms with Crippen molar-refractivity contribution in [2.24, 2.45) is 5.92 Å². The lowest BCUT2D eigenvalue weighted by Crippen LogP contribution is -2.52. The first kappa shape index (κ1) is 18.3. The van der Waals surface area contributed by atoms with Gasteiger partial charge in [0.05, 0.1) is 12.5 Å². The van der Waals surface area contributed by atoms with E-state index in [1.54, 1.807) is 6.92 Å². The second kappa shape index (κ2) is 7.89. The molecule has 2 fully saturated rings. The van der Waals surface area contributed by atoms with Crippen LogP contribution in [-0.2, 0) is 22.6 Å². The van der Waals surface area contributed by atoms with Crippen molar-refractivity contribution in [3.05, 3.63) is 29.3 Å². The minimum atomic E-state index is -0.0223. The number of ether oxygens (including phenoxy) is 1. The topological polar surface area (TPSA) is 53.1 Å². The molecule has 0 N–H and O–H groups in total. The van der Waals surface area contributed by atoms with Gasteiger partial charge in [-0.1, -0.05) is 12.1 Å². The third-order valence-electron chi connectivity index (χ3n) is 6.06. The van der Waals surface area contributed by atoms with E-state index in [0.717, 1.165) is 70.9 Å². The third-order valence-corrected chi connectivity index (χ3v) is 6.06. The first-order chi connectivity index (χ1) is 13.1. The van der Waals surface area contributed by atoms with Crippen LogP contribution in [0.1, 0.15) is 30.9 Å². The van der Waals surface area contributed by atoms with E-state index in [1.165, 1.54) is 11.1 Å². The van der Waals surface area contributed by atoms with Crippen LogP contribution in [0.4, 0.5) is 0 Å². The quantitative estimate of drug-likeness (QED) is 0.809. The van der Waals surface area contributed by atoms with E-state index in [4.69, 9.17) is 4.74 Å². The predicted molar refractivity (Wildman–Crippen MR) is 102 cm³/mol. The Bertz CT molecular complexity index is 713. The van der Waals surface area contributed by atoms with Gasteiger partial charge in [-0.3, -0.25) is 14.5 Å². The molecule has 0 unspecified atom stereocenters. The summed E-state index contributed by atoms with van der Waals surface area (Å²) < 4.78 is 5.58. The number of fused-ring (bicyclic) bond motifs is 1. The van der Waals surface area contributed by atoms with Crippen molar-refractivity contribution >= 4 is 11.8 Å². The molecule has 0 saturated carbocycles. The molecule has 0 aliphatic carbocycles. The molecule has 146 valence electrons. The summed E-state index contributed by atoms with van der Waals surface area (Å²) in [5.41, 5.74) is 2.64. The largest absolute Gasteiger partial charge is 0.493 e. The Morgan fingerprint density at radius 3 is 2.70 bits per heavy atom. The molecular weight excluding hydrogens is 342 g/mol. The SMILES string of the molecule is CC(=O)N1CCC[C@@H](C(=O)N2CCN(Cc3ccc4c(c3)CCO4)CC2)C1. The van der Waals surface area contributed by atoms with E-state index in [1.807, 2.05) is 9.80 Å². The van der Waals surface area contributed by atoms with Gasteiger partial charge in [0.2, 0.25) is 11.8 Å². The molecule has 1 aromatic rings. The van der Waals surface area contributed by atoms with E-state index >= 15 is 0 Å². The number of hydrogen-bond donors (Lipinski definition) is 0. The average molecular weight is 371 g/mol. The number of carbonyl (C=O) groups is 2. The number of amides is 2. The first-order valence-corrected chi connectivity index (χ1v) is 10.1. The zero-order chi connectivity index (χ0) is 18.8. The lowest BCUT2D eigenvalue weighted by molar-refractivity contribution is -0.141. The Kier molecular flexibility index (Phi) is 5.34. The van der Waals surface area contributed by atoms with Crippen LogP contribution >= 0.6 is 0 Å². The number of benzene rings is 1. The molecule has 0 spiro atoms. The predicted octanol–water partition coefficient (Wildman–Crippen LogP) is 1.52. The molecule has 3 aliphatic heterocycles. The number of rotatable bonds is 3. The van der Waals surface area contributed by atoms with Crippen LogP contribution in [0.15, 0.2) is 18.2 Å². The van der Waals surface area contributed by atoms with Gasteiger partial charge in [-0.15, -0.1) is 0 Å². The Hall–Kier alpha value is -2.08. The molecule has 3 heterocycles. The van der Waals surface area contributed by atoms with Crippen molar-refractivity contribution < 1.29 is 14.3 Å². The van der Waals surface area contributed by atoms with Gasteiger partial charge in [0, 0.05) is 59.2 Å². The molecule has 4 rings (SSSR count). The summed E-state index contributed by atoms with van der Waals surface area (Å²) in [4.78, 5) is 30.7. The van der Waals surface area contributed by atoms with Gasteiger partial charge < -0.3 is 14.5 Å². The maximum absolute atomic E-state index is 12.9. The molecule has 1 atom stereocenters. The van der Waals surface area contributed by atoms with Crippen molar-refractivity contribution in [3.8, 4) is 5.75 Å². The molecule has 0 radical (unpaired) electrons. The fourth-order valence-corrected chi connectivity index (χ4v) is 4.45. The second-order valence-electron chi connectivity index (χ2n) is 7.95. The zero-order valence-corrected chi connectivity index (χ0v) is 16.2. The molecule has 2 saturated heterocycles. The van der Waals surface area contributed by atoms with E-state index < -0.39 is 0 Å². The van der Waals surface area contributed by atoms with Crippen LogP contribution in [0, 0.1) is 5.92 Å². The molecule has 0 aromatic heterocycles. The van der Waals surface area contributed by atoms with Gasteiger partial charge in [-0.05, 0) is 30.0 Å². The first-order valence-electron chi connectivity index (χ1n) is 10.1. The molecule has 2 amide bonds. The molecule has 6 nitrogen and oxygen atoms in total. The molecule has 1 aromatic carbocycles. The summed E-state index contributed by atoms with van der Waals surface area (Å²) in [5, 5.41) is 0. The van der Waals surface area contributed by atoms with E-state index in [-0.39, 0.29) is 17.7 Å². The molecule has 27 heavy (non-hydrogen) atoms. The number of nitrogens with zero attached hydrogens (tertiary/aromatic N) is 3. The van der Waals surface area contributed by atoms with Gasteiger partial charge in [-0.2, -0.15) is 0 Å². The van der Waals surface area contributed by atoms with Crippen molar-refractivity contribution in [1.29, 1.82) is 0 Å². The van der Waals surface area contributed by atoms with Crippen LogP contribution in [-0.4, -0.2) is 72.4 Å². The maximum atomic E-state index is 12.9. The van der Waals surface area contributed by atoms with Crippen molar-refractivity contribution in [2.45, 2.75) is 32.7 Å². The number of likely N-dealkylation sites (tertiary alicyclic amines) is 1. The van der Waals surface area contributed by atoms with Gasteiger partial charge in [0.15, 0.2) is 0 Å². The van der Waals surface area contributed by atoms with Gasteiger partial charge in [-0.25, -0.2) is 0 Å². The number of carbonyl (C=O) groups excluding carboxylic acids is 2. The normalized spacial score (nSPS) is 23.1. The highest BCUT2D eigenvalue weighted by Crippen LogP contribution is 2.26.